The quantitative estimate of drug-likeness (QED) is 0.560. The molecule has 2 aliphatic rings. The second-order valence-corrected chi connectivity index (χ2v) is 11.8. The highest BCUT2D eigenvalue weighted by Gasteiger charge is 2.44. The Morgan fingerprint density at radius 1 is 0.750 bits per heavy atom. The first-order valence-corrected chi connectivity index (χ1v) is 12.6. The molecule has 0 unspecified atom stereocenters. The predicted octanol–water partition coefficient (Wildman–Crippen LogP) is 2.38. The van der Waals surface area contributed by atoms with Gasteiger partial charge in [0.25, 0.3) is 0 Å². The maximum Gasteiger partial charge on any atom is 0.229 e. The molecule has 0 bridgehead atoms. The van der Waals surface area contributed by atoms with E-state index in [1.165, 1.54) is 34.2 Å². The second kappa shape index (κ2) is 8.41. The first kappa shape index (κ1) is 19.1. The lowest BCUT2D eigenvalue weighted by atomic mass is 10.3. The Hall–Kier alpha value is -2.24. The molecule has 0 spiro atoms. The molecule has 0 atom stereocenters. The van der Waals surface area contributed by atoms with Crippen LogP contribution in [0.2, 0.25) is 6.04 Å². The van der Waals surface area contributed by atoms with Gasteiger partial charge in [-0.05, 0) is 42.3 Å². The molecule has 28 heavy (non-hydrogen) atoms. The number of hydrogen-bond acceptors (Lipinski definition) is 3. The highest BCUT2D eigenvalue weighted by Crippen LogP contribution is 2.26. The van der Waals surface area contributed by atoms with E-state index in [-0.39, 0.29) is 11.8 Å². The molecule has 0 N–H and O–H groups in total. The van der Waals surface area contributed by atoms with Gasteiger partial charge < -0.3 is 4.57 Å². The molecule has 2 aromatic carbocycles. The number of likely N-dealkylation sites (tertiary alicyclic amines) is 1. The highest BCUT2D eigenvalue weighted by atomic mass is 28.3. The molecular weight excluding hydrogens is 364 g/mol. The van der Waals surface area contributed by atoms with Crippen molar-refractivity contribution in [2.75, 3.05) is 19.6 Å². The summed E-state index contributed by atoms with van der Waals surface area (Å²) in [7, 11) is -2.03. The molecule has 4 rings (SSSR count). The second-order valence-electron chi connectivity index (χ2n) is 7.83. The van der Waals surface area contributed by atoms with Crippen molar-refractivity contribution >= 4 is 30.4 Å². The number of nitrogens with zero attached hydrogens (tertiary/aromatic N) is 2. The van der Waals surface area contributed by atoms with Crippen LogP contribution in [0.1, 0.15) is 32.1 Å². The van der Waals surface area contributed by atoms with Gasteiger partial charge in [0.05, 0.1) is 0 Å². The van der Waals surface area contributed by atoms with Crippen LogP contribution in [0.25, 0.3) is 0 Å². The van der Waals surface area contributed by atoms with Gasteiger partial charge in [-0.2, -0.15) is 0 Å². The molecule has 5 heteroatoms. The molecule has 2 fully saturated rings. The van der Waals surface area contributed by atoms with Crippen molar-refractivity contribution in [2.45, 2.75) is 38.1 Å². The largest absolute Gasteiger partial charge is 0.316 e. The minimum absolute atomic E-state index is 0.00160. The van der Waals surface area contributed by atoms with Crippen LogP contribution in [0.15, 0.2) is 60.7 Å². The first-order chi connectivity index (χ1) is 13.7. The van der Waals surface area contributed by atoms with E-state index in [1.807, 2.05) is 0 Å². The van der Waals surface area contributed by atoms with E-state index in [0.29, 0.717) is 19.4 Å². The Morgan fingerprint density at radius 2 is 1.32 bits per heavy atom. The van der Waals surface area contributed by atoms with E-state index < -0.39 is 8.24 Å². The number of imide groups is 1. The van der Waals surface area contributed by atoms with Gasteiger partial charge in [-0.3, -0.25) is 14.5 Å². The summed E-state index contributed by atoms with van der Waals surface area (Å²) in [6.07, 6.45) is 4.10. The van der Waals surface area contributed by atoms with E-state index in [1.54, 1.807) is 0 Å². The van der Waals surface area contributed by atoms with E-state index in [4.69, 9.17) is 0 Å². The fraction of sp³-hybridized carbons (Fsp3) is 0.391. The fourth-order valence-electron chi connectivity index (χ4n) is 4.88. The molecule has 2 saturated heterocycles. The van der Waals surface area contributed by atoms with E-state index in [2.05, 4.69) is 65.2 Å². The van der Waals surface area contributed by atoms with Crippen LogP contribution in [0.3, 0.4) is 0 Å². The van der Waals surface area contributed by atoms with Gasteiger partial charge >= 0.3 is 0 Å². The van der Waals surface area contributed by atoms with Gasteiger partial charge in [0.15, 0.2) is 8.24 Å². The Balaban J connectivity index is 1.60. The molecule has 2 aromatic rings. The first-order valence-electron chi connectivity index (χ1n) is 10.4. The number of hydrogen-bond donors (Lipinski definition) is 0. The van der Waals surface area contributed by atoms with Crippen LogP contribution in [0.5, 0.6) is 0 Å². The fourth-order valence-corrected chi connectivity index (χ4v) is 10.2. The van der Waals surface area contributed by atoms with Gasteiger partial charge in [0.1, 0.15) is 0 Å². The molecule has 0 aromatic heterocycles. The monoisotopic (exact) mass is 392 g/mol. The molecule has 2 amide bonds. The van der Waals surface area contributed by atoms with Gasteiger partial charge in [0, 0.05) is 19.4 Å². The SMILES string of the molecule is O=C1CCC(=O)N1CCCN1CCCC[Si]1(c1ccccc1)c1ccccc1. The van der Waals surface area contributed by atoms with E-state index >= 15 is 0 Å². The summed E-state index contributed by atoms with van der Waals surface area (Å²) in [5.41, 5.74) is 0. The van der Waals surface area contributed by atoms with Crippen molar-refractivity contribution in [2.24, 2.45) is 0 Å². The highest BCUT2D eigenvalue weighted by molar-refractivity contribution is 7.00. The maximum absolute atomic E-state index is 11.9. The van der Waals surface area contributed by atoms with Crippen LogP contribution in [-0.4, -0.2) is 49.1 Å². The number of benzene rings is 2. The summed E-state index contributed by atoms with van der Waals surface area (Å²) in [5.74, 6) is -0.00320. The van der Waals surface area contributed by atoms with Crippen molar-refractivity contribution < 1.29 is 9.59 Å². The third-order valence-electron chi connectivity index (χ3n) is 6.22. The Morgan fingerprint density at radius 3 is 1.89 bits per heavy atom. The molecule has 0 aliphatic carbocycles. The van der Waals surface area contributed by atoms with Crippen molar-refractivity contribution in [3.63, 3.8) is 0 Å². The van der Waals surface area contributed by atoms with Crippen LogP contribution in [0, 0.1) is 0 Å². The standard InChI is InChI=1S/C23H28N2O2Si/c26-22-14-15-23(27)25(22)18-9-17-24-16-7-8-19-28(24,20-10-3-1-4-11-20)21-12-5-2-6-13-21/h1-6,10-13H,7-9,14-19H2. The Kier molecular flexibility index (Phi) is 5.73. The topological polar surface area (TPSA) is 40.6 Å². The van der Waals surface area contributed by atoms with Crippen molar-refractivity contribution in [3.05, 3.63) is 60.7 Å². The number of amides is 2. The van der Waals surface area contributed by atoms with Crippen LogP contribution in [0.4, 0.5) is 0 Å². The zero-order valence-corrected chi connectivity index (χ0v) is 17.3. The number of carbonyl (C=O) groups excluding carboxylic acids is 2. The number of rotatable bonds is 6. The lowest BCUT2D eigenvalue weighted by molar-refractivity contribution is -0.138. The summed E-state index contributed by atoms with van der Waals surface area (Å²) in [5, 5.41) is 2.93. The Bertz CT molecular complexity index is 770. The summed E-state index contributed by atoms with van der Waals surface area (Å²) in [4.78, 5) is 25.3. The zero-order valence-electron chi connectivity index (χ0n) is 16.3. The summed E-state index contributed by atoms with van der Waals surface area (Å²) in [6.45, 7) is 2.59. The normalized spacial score (nSPS) is 19.9. The van der Waals surface area contributed by atoms with Gasteiger partial charge in [-0.15, -0.1) is 0 Å². The number of carbonyl (C=O) groups is 2. The third-order valence-corrected chi connectivity index (χ3v) is 11.4. The van der Waals surface area contributed by atoms with Crippen molar-refractivity contribution in [3.8, 4) is 0 Å². The lowest BCUT2D eigenvalue weighted by Gasteiger charge is -2.46. The van der Waals surface area contributed by atoms with E-state index in [0.717, 1.165) is 19.5 Å². The van der Waals surface area contributed by atoms with Crippen LogP contribution >= 0.6 is 0 Å². The maximum atomic E-state index is 11.9. The van der Waals surface area contributed by atoms with Crippen molar-refractivity contribution in [1.29, 1.82) is 0 Å². The molecular formula is C23H28N2O2Si. The van der Waals surface area contributed by atoms with Gasteiger partial charge in [0.2, 0.25) is 11.8 Å². The molecule has 2 aliphatic heterocycles. The summed E-state index contributed by atoms with van der Waals surface area (Å²) >= 11 is 0. The third kappa shape index (κ3) is 3.56. The van der Waals surface area contributed by atoms with E-state index in [9.17, 15) is 9.59 Å². The minimum Gasteiger partial charge on any atom is -0.316 e. The summed E-state index contributed by atoms with van der Waals surface area (Å²) < 4.78 is 2.71. The predicted molar refractivity (Wildman–Crippen MR) is 114 cm³/mol. The molecule has 0 saturated carbocycles. The van der Waals surface area contributed by atoms with Crippen LogP contribution in [-0.2, 0) is 9.59 Å². The minimum atomic E-state index is -2.03. The Labute approximate surface area is 168 Å². The van der Waals surface area contributed by atoms with Crippen molar-refractivity contribution in [1.82, 2.24) is 9.47 Å². The summed E-state index contributed by atoms with van der Waals surface area (Å²) in [6, 6.07) is 23.2. The molecule has 146 valence electrons. The zero-order chi connectivity index (χ0) is 19.4. The van der Waals surface area contributed by atoms with Crippen LogP contribution < -0.4 is 10.4 Å². The smallest absolute Gasteiger partial charge is 0.229 e. The lowest BCUT2D eigenvalue weighted by Crippen LogP contribution is -2.71. The van der Waals surface area contributed by atoms with Gasteiger partial charge in [-0.1, -0.05) is 67.1 Å². The molecule has 0 radical (unpaired) electrons. The average molecular weight is 393 g/mol. The average Bonchev–Trinajstić information content (AvgIpc) is 3.07. The molecule has 2 heterocycles. The van der Waals surface area contributed by atoms with Gasteiger partial charge in [-0.25, -0.2) is 0 Å². The molecule has 4 nitrogen and oxygen atoms in total.